The molecule has 3 aromatic rings. The lowest BCUT2D eigenvalue weighted by Gasteiger charge is -2.31. The van der Waals surface area contributed by atoms with Crippen molar-refractivity contribution >= 4 is 16.8 Å². The molecule has 2 heterocycles. The fourth-order valence-corrected chi connectivity index (χ4v) is 3.24. The number of amides is 1. The van der Waals surface area contributed by atoms with Crippen molar-refractivity contribution in [2.24, 2.45) is 0 Å². The minimum absolute atomic E-state index is 0.308. The molecule has 0 saturated heterocycles. The van der Waals surface area contributed by atoms with Crippen molar-refractivity contribution in [2.45, 2.75) is 33.2 Å². The Hall–Kier alpha value is -2.73. The zero-order valence-corrected chi connectivity index (χ0v) is 15.3. The van der Waals surface area contributed by atoms with Crippen LogP contribution in [0.15, 0.2) is 42.7 Å². The Morgan fingerprint density at radius 3 is 2.77 bits per heavy atom. The van der Waals surface area contributed by atoms with Gasteiger partial charge in [-0.05, 0) is 51.5 Å². The van der Waals surface area contributed by atoms with Crippen molar-refractivity contribution in [3.8, 4) is 0 Å². The van der Waals surface area contributed by atoms with Gasteiger partial charge in [0.25, 0.3) is 5.91 Å². The van der Waals surface area contributed by atoms with E-state index in [0.29, 0.717) is 17.9 Å². The highest BCUT2D eigenvalue weighted by molar-refractivity contribution is 5.98. The third kappa shape index (κ3) is 3.08. The van der Waals surface area contributed by atoms with Gasteiger partial charge in [0.05, 0.1) is 23.9 Å². The maximum absolute atomic E-state index is 14.7. The van der Waals surface area contributed by atoms with Crippen LogP contribution in [0.1, 0.15) is 42.4 Å². The summed E-state index contributed by atoms with van der Waals surface area (Å²) in [6.07, 6.45) is 3.34. The zero-order chi connectivity index (χ0) is 18.9. The van der Waals surface area contributed by atoms with Gasteiger partial charge in [0.2, 0.25) is 0 Å². The lowest BCUT2D eigenvalue weighted by atomic mass is 9.92. The van der Waals surface area contributed by atoms with E-state index in [4.69, 9.17) is 4.84 Å². The lowest BCUT2D eigenvalue weighted by molar-refractivity contribution is 0.0353. The highest BCUT2D eigenvalue weighted by Crippen LogP contribution is 2.34. The normalized spacial score (nSPS) is 11.7. The van der Waals surface area contributed by atoms with Crippen molar-refractivity contribution in [3.05, 3.63) is 65.4 Å². The minimum Gasteiger partial charge on any atom is -0.325 e. The van der Waals surface area contributed by atoms with Gasteiger partial charge in [0.15, 0.2) is 0 Å². The Bertz CT molecular complexity index is 963. The molecule has 0 atom stereocenters. The van der Waals surface area contributed by atoms with E-state index < -0.39 is 5.54 Å². The largest absolute Gasteiger partial charge is 0.325 e. The molecule has 26 heavy (non-hydrogen) atoms. The molecule has 0 spiro atoms. The fourth-order valence-electron chi connectivity index (χ4n) is 3.24. The number of rotatable bonds is 5. The molecule has 0 fully saturated rings. The smallest absolute Gasteiger partial charge is 0.291 e. The lowest BCUT2D eigenvalue weighted by Crippen LogP contribution is -2.35. The first-order chi connectivity index (χ1) is 12.4. The van der Waals surface area contributed by atoms with Crippen LogP contribution in [0.3, 0.4) is 0 Å². The summed E-state index contributed by atoms with van der Waals surface area (Å²) in [6, 6.07) is 8.71. The molecule has 3 rings (SSSR count). The molecule has 6 heteroatoms. The highest BCUT2D eigenvalue weighted by atomic mass is 19.1. The standard InChI is InChI=1S/C20H22FN3O2/c1-5-26-23-19(25)17-11-14-8-9-22-12-18(14)24(17)20(3,4)15-7-6-13(2)10-16(15)21/h6-12H,5H2,1-4H3,(H,23,25). The molecule has 2 aromatic heterocycles. The molecule has 1 amide bonds. The molecular weight excluding hydrogens is 333 g/mol. The van der Waals surface area contributed by atoms with Crippen LogP contribution < -0.4 is 5.48 Å². The average Bonchev–Trinajstić information content (AvgIpc) is 2.99. The number of aryl methyl sites for hydroxylation is 1. The van der Waals surface area contributed by atoms with Crippen molar-refractivity contribution in [1.29, 1.82) is 0 Å². The van der Waals surface area contributed by atoms with Gasteiger partial charge in [0.1, 0.15) is 11.5 Å². The van der Waals surface area contributed by atoms with Gasteiger partial charge in [-0.15, -0.1) is 0 Å². The van der Waals surface area contributed by atoms with Crippen LogP contribution in [0.25, 0.3) is 10.9 Å². The van der Waals surface area contributed by atoms with E-state index in [-0.39, 0.29) is 11.7 Å². The summed E-state index contributed by atoms with van der Waals surface area (Å²) < 4.78 is 16.5. The van der Waals surface area contributed by atoms with E-state index in [0.717, 1.165) is 16.5 Å². The predicted octanol–water partition coefficient (Wildman–Crippen LogP) is 3.95. The molecule has 0 radical (unpaired) electrons. The number of hydroxylamine groups is 1. The average molecular weight is 355 g/mol. The summed E-state index contributed by atoms with van der Waals surface area (Å²) in [7, 11) is 0. The van der Waals surface area contributed by atoms with E-state index in [1.165, 1.54) is 6.07 Å². The first-order valence-electron chi connectivity index (χ1n) is 8.51. The van der Waals surface area contributed by atoms with Crippen molar-refractivity contribution in [2.75, 3.05) is 6.61 Å². The van der Waals surface area contributed by atoms with Crippen LogP contribution in [0.4, 0.5) is 4.39 Å². The Balaban J connectivity index is 2.23. The summed E-state index contributed by atoms with van der Waals surface area (Å²) in [5.74, 6) is -0.694. The minimum atomic E-state index is -0.818. The van der Waals surface area contributed by atoms with Gasteiger partial charge in [0, 0.05) is 17.1 Å². The number of nitrogens with zero attached hydrogens (tertiary/aromatic N) is 2. The number of carbonyl (C=O) groups is 1. The van der Waals surface area contributed by atoms with Crippen LogP contribution in [0.2, 0.25) is 0 Å². The molecule has 1 N–H and O–H groups in total. The van der Waals surface area contributed by atoms with E-state index in [1.807, 2.05) is 32.9 Å². The second-order valence-electron chi connectivity index (χ2n) is 6.71. The van der Waals surface area contributed by atoms with Gasteiger partial charge in [-0.1, -0.05) is 12.1 Å². The second-order valence-corrected chi connectivity index (χ2v) is 6.71. The molecule has 136 valence electrons. The Kier molecular flexibility index (Phi) is 4.78. The third-order valence-corrected chi connectivity index (χ3v) is 4.49. The van der Waals surface area contributed by atoms with E-state index in [1.54, 1.807) is 36.0 Å². The van der Waals surface area contributed by atoms with Crippen molar-refractivity contribution in [3.63, 3.8) is 0 Å². The Morgan fingerprint density at radius 2 is 2.08 bits per heavy atom. The SMILES string of the molecule is CCONC(=O)c1cc2ccncc2n1C(C)(C)c1ccc(C)cc1F. The maximum Gasteiger partial charge on any atom is 0.291 e. The van der Waals surface area contributed by atoms with Gasteiger partial charge in [-0.25, -0.2) is 9.87 Å². The number of pyridine rings is 1. The van der Waals surface area contributed by atoms with E-state index in [9.17, 15) is 9.18 Å². The molecule has 1 aromatic carbocycles. The van der Waals surface area contributed by atoms with Crippen LogP contribution in [0, 0.1) is 12.7 Å². The monoisotopic (exact) mass is 355 g/mol. The molecule has 5 nitrogen and oxygen atoms in total. The number of halogens is 1. The Morgan fingerprint density at radius 1 is 1.31 bits per heavy atom. The van der Waals surface area contributed by atoms with Gasteiger partial charge in [-0.2, -0.15) is 0 Å². The molecular formula is C20H22FN3O2. The molecule has 0 unspecified atom stereocenters. The molecule has 0 bridgehead atoms. The Labute approximate surface area is 151 Å². The molecule has 0 aliphatic heterocycles. The molecule has 0 aliphatic rings. The quantitative estimate of drug-likeness (QED) is 0.705. The highest BCUT2D eigenvalue weighted by Gasteiger charge is 2.31. The number of hydrogen-bond acceptors (Lipinski definition) is 3. The first kappa shape index (κ1) is 18.1. The van der Waals surface area contributed by atoms with Crippen LogP contribution in [-0.4, -0.2) is 22.1 Å². The van der Waals surface area contributed by atoms with Gasteiger partial charge < -0.3 is 4.57 Å². The number of nitrogens with one attached hydrogen (secondary N) is 1. The number of fused-ring (bicyclic) bond motifs is 1. The van der Waals surface area contributed by atoms with Crippen LogP contribution >= 0.6 is 0 Å². The van der Waals surface area contributed by atoms with Crippen molar-refractivity contribution in [1.82, 2.24) is 15.0 Å². The topological polar surface area (TPSA) is 56.1 Å². The number of carbonyl (C=O) groups excluding carboxylic acids is 1. The van der Waals surface area contributed by atoms with Gasteiger partial charge >= 0.3 is 0 Å². The number of aromatic nitrogens is 2. The van der Waals surface area contributed by atoms with Crippen LogP contribution in [-0.2, 0) is 10.4 Å². The number of hydrogen-bond donors (Lipinski definition) is 1. The number of benzene rings is 1. The van der Waals surface area contributed by atoms with Crippen LogP contribution in [0.5, 0.6) is 0 Å². The fraction of sp³-hybridized carbons (Fsp3) is 0.300. The first-order valence-corrected chi connectivity index (χ1v) is 8.51. The van der Waals surface area contributed by atoms with Crippen molar-refractivity contribution < 1.29 is 14.0 Å². The third-order valence-electron chi connectivity index (χ3n) is 4.49. The molecule has 0 saturated carbocycles. The predicted molar refractivity (Wildman–Crippen MR) is 98.4 cm³/mol. The maximum atomic E-state index is 14.7. The summed E-state index contributed by atoms with van der Waals surface area (Å²) in [5, 5.41) is 0.849. The van der Waals surface area contributed by atoms with E-state index in [2.05, 4.69) is 10.5 Å². The van der Waals surface area contributed by atoms with E-state index >= 15 is 0 Å². The summed E-state index contributed by atoms with van der Waals surface area (Å²) in [4.78, 5) is 21.9. The van der Waals surface area contributed by atoms with Gasteiger partial charge in [-0.3, -0.25) is 14.6 Å². The summed E-state index contributed by atoms with van der Waals surface area (Å²) >= 11 is 0. The summed E-state index contributed by atoms with van der Waals surface area (Å²) in [5.41, 5.74) is 4.07. The second kappa shape index (κ2) is 6.88. The molecule has 0 aliphatic carbocycles. The summed E-state index contributed by atoms with van der Waals surface area (Å²) in [6.45, 7) is 7.74. The zero-order valence-electron chi connectivity index (χ0n) is 15.3.